The normalized spacial score (nSPS) is 12.4. The zero-order valence-electron chi connectivity index (χ0n) is 16.6. The minimum absolute atomic E-state index is 0.194. The van der Waals surface area contributed by atoms with E-state index in [1.54, 1.807) is 18.6 Å². The van der Waals surface area contributed by atoms with Gasteiger partial charge in [-0.15, -0.1) is 5.10 Å². The highest BCUT2D eigenvalue weighted by Gasteiger charge is 2.07. The van der Waals surface area contributed by atoms with Gasteiger partial charge in [-0.2, -0.15) is 5.10 Å². The molecule has 0 atom stereocenters. The molecule has 0 bridgehead atoms. The summed E-state index contributed by atoms with van der Waals surface area (Å²) >= 11 is 0. The summed E-state index contributed by atoms with van der Waals surface area (Å²) in [6.07, 6.45) is 6.85. The maximum Gasteiger partial charge on any atom is 0.154 e. The average Bonchev–Trinajstić information content (AvgIpc) is 2.68. The predicted octanol–water partition coefficient (Wildman–Crippen LogP) is 4.07. The third-order valence-corrected chi connectivity index (χ3v) is 4.16. The van der Waals surface area contributed by atoms with Crippen molar-refractivity contribution in [3.8, 4) is 0 Å². The van der Waals surface area contributed by atoms with Gasteiger partial charge < -0.3 is 11.1 Å². The van der Waals surface area contributed by atoms with Gasteiger partial charge in [-0.05, 0) is 49.6 Å². The number of nitrogens with one attached hydrogen (secondary N) is 1. The van der Waals surface area contributed by atoms with Crippen LogP contribution in [-0.2, 0) is 0 Å². The molecular formula is C21H25N7. The first-order chi connectivity index (χ1) is 13.5. The van der Waals surface area contributed by atoms with Crippen molar-refractivity contribution < 1.29 is 0 Å². The number of aromatic nitrogens is 4. The van der Waals surface area contributed by atoms with E-state index < -0.39 is 0 Å². The van der Waals surface area contributed by atoms with Crippen molar-refractivity contribution in [2.24, 2.45) is 10.7 Å². The highest BCUT2D eigenvalue weighted by Crippen LogP contribution is 2.21. The summed E-state index contributed by atoms with van der Waals surface area (Å²) in [4.78, 5) is 13.5. The van der Waals surface area contributed by atoms with Crippen LogP contribution < -0.4 is 11.1 Å². The van der Waals surface area contributed by atoms with Crippen LogP contribution in [0.25, 0.3) is 16.6 Å². The number of pyridine rings is 2. The Kier molecular flexibility index (Phi) is 5.93. The van der Waals surface area contributed by atoms with E-state index >= 15 is 0 Å². The van der Waals surface area contributed by atoms with E-state index in [1.165, 1.54) is 6.20 Å². The number of allylic oxidation sites excluding steroid dienone is 1. The summed E-state index contributed by atoms with van der Waals surface area (Å²) in [6, 6.07) is 7.92. The predicted molar refractivity (Wildman–Crippen MR) is 115 cm³/mol. The first kappa shape index (κ1) is 19.4. The molecule has 3 rings (SSSR count). The lowest BCUT2D eigenvalue weighted by Gasteiger charge is -2.09. The second-order valence-electron chi connectivity index (χ2n) is 7.11. The summed E-state index contributed by atoms with van der Waals surface area (Å²) in [5.74, 6) is 1.71. The molecule has 3 N–H and O–H groups in total. The van der Waals surface area contributed by atoms with Crippen molar-refractivity contribution in [1.29, 1.82) is 0 Å². The van der Waals surface area contributed by atoms with Crippen LogP contribution >= 0.6 is 0 Å². The standard InChI is InChI=1S/C21H25N7/c1-13(2)15-8-21(28-25-12-15)27-20-6-5-18-19(26-20)7-16(10-24-18)17(9-22)11-23-14(3)4/h5-14H,22H2,1-4H3,(H,26,27,28). The van der Waals surface area contributed by atoms with Crippen LogP contribution in [0.3, 0.4) is 0 Å². The minimum Gasteiger partial charge on any atom is -0.404 e. The van der Waals surface area contributed by atoms with Gasteiger partial charge in [-0.1, -0.05) is 13.8 Å². The van der Waals surface area contributed by atoms with Crippen molar-refractivity contribution in [2.45, 2.75) is 39.7 Å². The number of hydrogen-bond donors (Lipinski definition) is 2. The molecule has 3 aromatic heterocycles. The molecule has 0 aromatic carbocycles. The van der Waals surface area contributed by atoms with Gasteiger partial charge in [0, 0.05) is 35.8 Å². The fourth-order valence-corrected chi connectivity index (χ4v) is 2.57. The molecule has 0 aliphatic rings. The van der Waals surface area contributed by atoms with Crippen LogP contribution in [0, 0.1) is 0 Å². The van der Waals surface area contributed by atoms with Crippen LogP contribution in [0.15, 0.2) is 47.9 Å². The molecule has 0 aliphatic heterocycles. The van der Waals surface area contributed by atoms with Gasteiger partial charge in [0.15, 0.2) is 5.82 Å². The lowest BCUT2D eigenvalue weighted by Crippen LogP contribution is -2.01. The maximum atomic E-state index is 5.78. The van der Waals surface area contributed by atoms with Crippen LogP contribution in [-0.4, -0.2) is 32.4 Å². The molecular weight excluding hydrogens is 350 g/mol. The number of nitrogens with two attached hydrogens (primary N) is 1. The molecule has 3 heterocycles. The highest BCUT2D eigenvalue weighted by atomic mass is 15.2. The molecule has 0 unspecified atom stereocenters. The smallest absolute Gasteiger partial charge is 0.154 e. The summed E-state index contributed by atoms with van der Waals surface area (Å²) in [6.45, 7) is 8.26. The number of anilines is 2. The Balaban J connectivity index is 1.91. The van der Waals surface area contributed by atoms with Crippen molar-refractivity contribution in [3.05, 3.63) is 54.0 Å². The summed E-state index contributed by atoms with van der Waals surface area (Å²) < 4.78 is 0. The Labute approximate surface area is 164 Å². The van der Waals surface area contributed by atoms with Gasteiger partial charge >= 0.3 is 0 Å². The number of nitrogens with zero attached hydrogens (tertiary/aromatic N) is 5. The molecule has 0 spiro atoms. The first-order valence-electron chi connectivity index (χ1n) is 9.28. The summed E-state index contributed by atoms with van der Waals surface area (Å²) in [5, 5.41) is 11.4. The van der Waals surface area contributed by atoms with E-state index in [1.807, 2.05) is 38.1 Å². The van der Waals surface area contributed by atoms with Gasteiger partial charge in [-0.25, -0.2) is 4.98 Å². The van der Waals surface area contributed by atoms with Crippen molar-refractivity contribution in [2.75, 3.05) is 5.32 Å². The molecule has 7 heteroatoms. The van der Waals surface area contributed by atoms with Gasteiger partial charge in [0.05, 0.1) is 17.2 Å². The van der Waals surface area contributed by atoms with Crippen LogP contribution in [0.2, 0.25) is 0 Å². The molecule has 0 fully saturated rings. The summed E-state index contributed by atoms with van der Waals surface area (Å²) in [5.41, 5.74) is 10.1. The Morgan fingerprint density at radius 3 is 2.61 bits per heavy atom. The van der Waals surface area contributed by atoms with E-state index in [2.05, 4.69) is 44.3 Å². The largest absolute Gasteiger partial charge is 0.404 e. The Morgan fingerprint density at radius 2 is 1.89 bits per heavy atom. The average molecular weight is 375 g/mol. The Bertz CT molecular complexity index is 1020. The summed E-state index contributed by atoms with van der Waals surface area (Å²) in [7, 11) is 0. The SMILES string of the molecule is CC(C)N=CC(=CN)c1cnc2ccc(Nc3cc(C(C)C)cnn3)nc2c1. The van der Waals surface area contributed by atoms with Gasteiger partial charge in [0.2, 0.25) is 0 Å². The van der Waals surface area contributed by atoms with Crippen LogP contribution in [0.1, 0.15) is 44.7 Å². The van der Waals surface area contributed by atoms with E-state index in [0.717, 1.165) is 27.7 Å². The van der Waals surface area contributed by atoms with Crippen molar-refractivity contribution in [3.63, 3.8) is 0 Å². The number of hydrogen-bond acceptors (Lipinski definition) is 7. The zero-order valence-corrected chi connectivity index (χ0v) is 16.6. The monoisotopic (exact) mass is 375 g/mol. The van der Waals surface area contributed by atoms with E-state index in [0.29, 0.717) is 17.6 Å². The fraction of sp³-hybridized carbons (Fsp3) is 0.286. The maximum absolute atomic E-state index is 5.78. The van der Waals surface area contributed by atoms with E-state index in [9.17, 15) is 0 Å². The topological polar surface area (TPSA) is 102 Å². The van der Waals surface area contributed by atoms with E-state index in [4.69, 9.17) is 5.73 Å². The Morgan fingerprint density at radius 1 is 1.07 bits per heavy atom. The molecule has 0 amide bonds. The molecule has 0 saturated carbocycles. The van der Waals surface area contributed by atoms with Gasteiger partial charge in [0.25, 0.3) is 0 Å². The molecule has 28 heavy (non-hydrogen) atoms. The number of fused-ring (bicyclic) bond motifs is 1. The minimum atomic E-state index is 0.194. The molecule has 144 valence electrons. The second-order valence-corrected chi connectivity index (χ2v) is 7.11. The molecule has 7 nitrogen and oxygen atoms in total. The molecule has 0 saturated heterocycles. The van der Waals surface area contributed by atoms with Gasteiger partial charge in [-0.3, -0.25) is 9.98 Å². The van der Waals surface area contributed by atoms with Gasteiger partial charge in [0.1, 0.15) is 5.82 Å². The molecule has 3 aromatic rings. The van der Waals surface area contributed by atoms with Crippen molar-refractivity contribution in [1.82, 2.24) is 20.2 Å². The first-order valence-corrected chi connectivity index (χ1v) is 9.28. The van der Waals surface area contributed by atoms with Crippen LogP contribution in [0.5, 0.6) is 0 Å². The molecule has 0 aliphatic carbocycles. The van der Waals surface area contributed by atoms with Crippen molar-refractivity contribution >= 4 is 34.5 Å². The zero-order chi connectivity index (χ0) is 20.1. The third kappa shape index (κ3) is 4.68. The lowest BCUT2D eigenvalue weighted by atomic mass is 10.1. The number of aliphatic imine (C=N–C) groups is 1. The number of rotatable bonds is 6. The van der Waals surface area contributed by atoms with E-state index in [-0.39, 0.29) is 6.04 Å². The molecule has 0 radical (unpaired) electrons. The lowest BCUT2D eigenvalue weighted by molar-refractivity contribution is 0.842. The second kappa shape index (κ2) is 8.56. The highest BCUT2D eigenvalue weighted by molar-refractivity contribution is 6.10. The quantitative estimate of drug-likeness (QED) is 0.630. The third-order valence-electron chi connectivity index (χ3n) is 4.16. The van der Waals surface area contributed by atoms with Crippen LogP contribution in [0.4, 0.5) is 11.6 Å². The Hall–Kier alpha value is -3.35. The fourth-order valence-electron chi connectivity index (χ4n) is 2.57.